The number of benzene rings is 2. The number of carbonyl (C=O) groups excluding carboxylic acids is 1. The lowest BCUT2D eigenvalue weighted by Crippen LogP contribution is -2.33. The van der Waals surface area contributed by atoms with Crippen molar-refractivity contribution in [3.63, 3.8) is 0 Å². The van der Waals surface area contributed by atoms with E-state index in [2.05, 4.69) is 40.6 Å². The van der Waals surface area contributed by atoms with Crippen LogP contribution in [0.1, 0.15) is 48.5 Å². The van der Waals surface area contributed by atoms with Crippen LogP contribution >= 0.6 is 62.3 Å². The van der Waals surface area contributed by atoms with Gasteiger partial charge in [-0.3, -0.25) is 9.52 Å². The third-order valence-corrected chi connectivity index (χ3v) is 12.8. The summed E-state index contributed by atoms with van der Waals surface area (Å²) in [5.74, 6) is -7.27. The number of sulfonamides is 2. The lowest BCUT2D eigenvalue weighted by molar-refractivity contribution is 0.0166. The van der Waals surface area contributed by atoms with Crippen LogP contribution in [0.4, 0.5) is 28.9 Å². The second kappa shape index (κ2) is 18.9. The van der Waals surface area contributed by atoms with Crippen molar-refractivity contribution >= 4 is 111 Å². The second-order valence-electron chi connectivity index (χ2n) is 12.4. The smallest absolute Gasteiger partial charge is 0.272 e. The van der Waals surface area contributed by atoms with Crippen LogP contribution < -0.4 is 9.03 Å². The molecule has 60 heavy (non-hydrogen) atoms. The van der Waals surface area contributed by atoms with Crippen LogP contribution in [0.25, 0.3) is 11.0 Å². The number of anilines is 2. The van der Waals surface area contributed by atoms with Crippen molar-refractivity contribution < 1.29 is 43.9 Å². The minimum Gasteiger partial charge on any atom is -0.363 e. The summed E-state index contributed by atoms with van der Waals surface area (Å²) in [6.07, 6.45) is 5.55. The standard InChI is InChI=1S/C21H14Cl2F2N4O3S.C15H13BrCl2F2N2O3S.CH4/c1-21(24,25)15-9-12(2-3-16(15)23)33(31,32)29-17-8-11(22)10-28-18(17)19(30)13-4-6-26-20-14(13)5-7-27-20;1-15(19,20)11-6-10(3-4-12(11)18)26(23,24)22(8-25-2)13-5-9(17)7-21-14(13)16;/h2-10,29H,1H3,(H,26,27);3-7H,8H2,1-2H3;1H4. The van der Waals surface area contributed by atoms with E-state index < -0.39 is 53.7 Å². The number of hydrogen-bond acceptors (Lipinski definition) is 9. The number of aromatic amines is 1. The van der Waals surface area contributed by atoms with Gasteiger partial charge in [-0.1, -0.05) is 53.8 Å². The molecule has 0 saturated heterocycles. The molecule has 0 saturated carbocycles. The van der Waals surface area contributed by atoms with E-state index in [0.29, 0.717) is 24.9 Å². The fourth-order valence-corrected chi connectivity index (χ4v) is 9.21. The summed E-state index contributed by atoms with van der Waals surface area (Å²) >= 11 is 26.6. The van der Waals surface area contributed by atoms with Crippen LogP contribution in [0.2, 0.25) is 20.1 Å². The Balaban J connectivity index is 0.000000268. The van der Waals surface area contributed by atoms with Gasteiger partial charge in [0.1, 0.15) is 22.7 Å². The SMILES string of the molecule is C.CC(F)(F)c1cc(S(=O)(=O)Nc2cc(Cl)cnc2C(=O)c2ccnc3[nH]ccc23)ccc1Cl.COCN(c1cc(Cl)cnc1Br)S(=O)(=O)c1ccc(Cl)c(C(C)(F)F)c1. The summed E-state index contributed by atoms with van der Waals surface area (Å²) in [5.41, 5.74) is -0.902. The number of nitrogens with zero attached hydrogens (tertiary/aromatic N) is 4. The second-order valence-corrected chi connectivity index (χ2v) is 18.4. The Morgan fingerprint density at radius 1 is 0.833 bits per heavy atom. The van der Waals surface area contributed by atoms with Crippen LogP contribution in [-0.2, 0) is 36.6 Å². The zero-order valence-corrected chi connectivity index (χ0v) is 36.5. The Kier molecular flexibility index (Phi) is 15.3. The van der Waals surface area contributed by atoms with Gasteiger partial charge in [0.05, 0.1) is 31.2 Å². The number of halogens is 9. The number of nitrogens with one attached hydrogen (secondary N) is 2. The number of pyridine rings is 3. The molecule has 0 radical (unpaired) electrons. The molecule has 320 valence electrons. The summed E-state index contributed by atoms with van der Waals surface area (Å²) in [6, 6.07) is 11.7. The normalized spacial score (nSPS) is 12.0. The molecule has 12 nitrogen and oxygen atoms in total. The summed E-state index contributed by atoms with van der Waals surface area (Å²) in [6.45, 7) is 0.852. The molecule has 0 aliphatic rings. The van der Waals surface area contributed by atoms with Crippen molar-refractivity contribution in [2.24, 2.45) is 0 Å². The first-order valence-electron chi connectivity index (χ1n) is 16.3. The van der Waals surface area contributed by atoms with Crippen molar-refractivity contribution in [2.45, 2.75) is 42.9 Å². The van der Waals surface area contributed by atoms with Gasteiger partial charge in [0.25, 0.3) is 31.9 Å². The van der Waals surface area contributed by atoms with E-state index in [1.54, 1.807) is 12.3 Å². The molecule has 6 rings (SSSR count). The quantitative estimate of drug-likeness (QED) is 0.0525. The highest BCUT2D eigenvalue weighted by atomic mass is 79.9. The van der Waals surface area contributed by atoms with Crippen molar-refractivity contribution in [3.05, 3.63) is 133 Å². The highest BCUT2D eigenvalue weighted by Gasteiger charge is 2.33. The molecule has 0 aliphatic heterocycles. The average Bonchev–Trinajstić information content (AvgIpc) is 3.63. The number of methoxy groups -OCH3 is 1. The monoisotopic (exact) mass is 1010 g/mol. The number of fused-ring (bicyclic) bond motifs is 1. The molecule has 0 fully saturated rings. The van der Waals surface area contributed by atoms with E-state index in [9.17, 15) is 39.2 Å². The highest BCUT2D eigenvalue weighted by molar-refractivity contribution is 9.10. The minimum atomic E-state index is -4.41. The van der Waals surface area contributed by atoms with Crippen LogP contribution in [-0.4, -0.2) is 56.4 Å². The van der Waals surface area contributed by atoms with Crippen molar-refractivity contribution in [1.29, 1.82) is 0 Å². The average molecular weight is 1020 g/mol. The minimum absolute atomic E-state index is 0. The lowest BCUT2D eigenvalue weighted by Gasteiger charge is -2.25. The Morgan fingerprint density at radius 3 is 2.00 bits per heavy atom. The molecule has 2 N–H and O–H groups in total. The predicted molar refractivity (Wildman–Crippen MR) is 227 cm³/mol. The van der Waals surface area contributed by atoms with E-state index >= 15 is 0 Å². The number of ether oxygens (including phenoxy) is 1. The number of hydrogen-bond donors (Lipinski definition) is 2. The zero-order valence-electron chi connectivity index (χ0n) is 30.2. The van der Waals surface area contributed by atoms with Gasteiger partial charge in [-0.25, -0.2) is 53.7 Å². The predicted octanol–water partition coefficient (Wildman–Crippen LogP) is 11.1. The van der Waals surface area contributed by atoms with E-state index in [1.165, 1.54) is 43.9 Å². The number of carbonyl (C=O) groups is 1. The molecule has 4 heterocycles. The third-order valence-electron chi connectivity index (χ3n) is 8.04. The van der Waals surface area contributed by atoms with Crippen molar-refractivity contribution in [3.8, 4) is 0 Å². The maximum atomic E-state index is 13.8. The Hall–Kier alpha value is -4.08. The van der Waals surface area contributed by atoms with Crippen molar-refractivity contribution in [1.82, 2.24) is 19.9 Å². The van der Waals surface area contributed by atoms with Gasteiger partial charge in [-0.2, -0.15) is 0 Å². The van der Waals surface area contributed by atoms with Gasteiger partial charge in [0, 0.05) is 77.9 Å². The number of aromatic nitrogens is 4. The number of ketones is 1. The molecule has 0 amide bonds. The topological polar surface area (TPSA) is 164 Å². The van der Waals surface area contributed by atoms with E-state index in [4.69, 9.17) is 51.1 Å². The molecular weight excluding hydrogens is 986 g/mol. The lowest BCUT2D eigenvalue weighted by atomic mass is 10.0. The molecule has 0 aliphatic carbocycles. The number of H-pyrrole nitrogens is 1. The van der Waals surface area contributed by atoms with Gasteiger partial charge in [-0.05, 0) is 76.6 Å². The van der Waals surface area contributed by atoms with Gasteiger partial charge in [-0.15, -0.1) is 0 Å². The highest BCUT2D eigenvalue weighted by Crippen LogP contribution is 2.38. The Labute approximate surface area is 370 Å². The van der Waals surface area contributed by atoms with Gasteiger partial charge in [0.15, 0.2) is 0 Å². The maximum Gasteiger partial charge on any atom is 0.272 e. The number of alkyl halides is 4. The van der Waals surface area contributed by atoms with E-state index in [0.717, 1.165) is 40.7 Å². The summed E-state index contributed by atoms with van der Waals surface area (Å²) in [4.78, 5) is 27.4. The van der Waals surface area contributed by atoms with Gasteiger partial charge < -0.3 is 9.72 Å². The fraction of sp³-hybridized carbons (Fsp3) is 0.189. The Morgan fingerprint density at radius 2 is 1.40 bits per heavy atom. The van der Waals surface area contributed by atoms with Crippen molar-refractivity contribution in [2.75, 3.05) is 22.9 Å². The van der Waals surface area contributed by atoms with Crippen LogP contribution in [0.15, 0.2) is 99.8 Å². The first-order valence-corrected chi connectivity index (χ1v) is 21.5. The van der Waals surface area contributed by atoms with E-state index in [-0.39, 0.29) is 66.4 Å². The summed E-state index contributed by atoms with van der Waals surface area (Å²) in [7, 11) is -7.38. The van der Waals surface area contributed by atoms with Crippen LogP contribution in [0.5, 0.6) is 0 Å². The molecule has 23 heteroatoms. The maximum absolute atomic E-state index is 13.8. The van der Waals surface area contributed by atoms with Crippen LogP contribution in [0, 0.1) is 0 Å². The molecule has 0 spiro atoms. The third kappa shape index (κ3) is 10.9. The molecule has 0 atom stereocenters. The number of rotatable bonds is 12. The fourth-order valence-electron chi connectivity index (χ4n) is 5.30. The van der Waals surface area contributed by atoms with Crippen LogP contribution in [0.3, 0.4) is 0 Å². The van der Waals surface area contributed by atoms with Gasteiger partial charge >= 0.3 is 0 Å². The first kappa shape index (κ1) is 48.6. The van der Waals surface area contributed by atoms with Gasteiger partial charge in [0.2, 0.25) is 5.78 Å². The molecule has 6 aromatic rings. The van der Waals surface area contributed by atoms with E-state index in [1.807, 2.05) is 0 Å². The molecule has 0 bridgehead atoms. The Bertz CT molecular complexity index is 2790. The molecule has 0 unspecified atom stereocenters. The molecule has 4 aromatic heterocycles. The zero-order chi connectivity index (χ0) is 43.7. The largest absolute Gasteiger partial charge is 0.363 e. The molecular formula is C37H31BrCl4F4N6O6S2. The summed E-state index contributed by atoms with van der Waals surface area (Å²) < 4.78 is 115. The summed E-state index contributed by atoms with van der Waals surface area (Å²) in [5, 5.41) is 0.245. The molecule has 2 aromatic carbocycles. The first-order chi connectivity index (χ1) is 27.4.